The van der Waals surface area contributed by atoms with Gasteiger partial charge in [0.25, 0.3) is 0 Å². The lowest BCUT2D eigenvalue weighted by Crippen LogP contribution is -2.08. The number of benzene rings is 2. The second kappa shape index (κ2) is 7.30. The van der Waals surface area contributed by atoms with Crippen LogP contribution in [0, 0.1) is 0 Å². The minimum absolute atomic E-state index is 0.00647. The molecule has 0 aliphatic carbocycles. The van der Waals surface area contributed by atoms with Crippen molar-refractivity contribution in [2.75, 3.05) is 13.9 Å². The Bertz CT molecular complexity index is 808. The fraction of sp³-hybridized carbons (Fsp3) is 0.250. The van der Waals surface area contributed by atoms with E-state index in [1.165, 1.54) is 6.08 Å². The molecule has 2 aromatic carbocycles. The molecule has 3 rings (SSSR count). The van der Waals surface area contributed by atoms with Crippen molar-refractivity contribution in [3.05, 3.63) is 53.6 Å². The van der Waals surface area contributed by atoms with Gasteiger partial charge >= 0.3 is 0 Å². The summed E-state index contributed by atoms with van der Waals surface area (Å²) in [6.07, 6.45) is 3.24. The van der Waals surface area contributed by atoms with Crippen molar-refractivity contribution < 1.29 is 23.7 Å². The van der Waals surface area contributed by atoms with Crippen molar-refractivity contribution in [2.24, 2.45) is 0 Å². The van der Waals surface area contributed by atoms with Crippen LogP contribution >= 0.6 is 0 Å². The summed E-state index contributed by atoms with van der Waals surface area (Å²) < 4.78 is 21.8. The first-order chi connectivity index (χ1) is 12.1. The highest BCUT2D eigenvalue weighted by molar-refractivity contribution is 6.07. The van der Waals surface area contributed by atoms with Crippen molar-refractivity contribution in [1.29, 1.82) is 0 Å². The Labute approximate surface area is 146 Å². The van der Waals surface area contributed by atoms with Crippen molar-refractivity contribution in [3.8, 4) is 23.0 Å². The summed E-state index contributed by atoms with van der Waals surface area (Å²) in [7, 11) is 1.59. The van der Waals surface area contributed by atoms with Crippen molar-refractivity contribution in [2.45, 2.75) is 20.0 Å². The van der Waals surface area contributed by atoms with Crippen LogP contribution in [-0.2, 0) is 0 Å². The molecule has 0 N–H and O–H groups in total. The number of hydrogen-bond donors (Lipinski definition) is 0. The third-order valence-corrected chi connectivity index (χ3v) is 3.65. The SMILES string of the molecule is COc1cccc(C=CC(=O)c2ccc3c(c2)OCO3)c1OC(C)C. The number of methoxy groups -OCH3 is 1. The van der Waals surface area contributed by atoms with E-state index in [0.717, 1.165) is 5.56 Å². The zero-order valence-electron chi connectivity index (χ0n) is 14.4. The third kappa shape index (κ3) is 3.76. The normalized spacial score (nSPS) is 12.6. The number of carbonyl (C=O) groups is 1. The molecule has 0 fully saturated rings. The monoisotopic (exact) mass is 340 g/mol. The van der Waals surface area contributed by atoms with Crippen molar-refractivity contribution >= 4 is 11.9 Å². The van der Waals surface area contributed by atoms with E-state index in [1.54, 1.807) is 31.4 Å². The number of hydrogen-bond acceptors (Lipinski definition) is 5. The van der Waals surface area contributed by atoms with Gasteiger partial charge < -0.3 is 18.9 Å². The molecule has 1 aliphatic rings. The summed E-state index contributed by atoms with van der Waals surface area (Å²) in [4.78, 5) is 12.5. The Kier molecular flexibility index (Phi) is 4.93. The summed E-state index contributed by atoms with van der Waals surface area (Å²) in [5, 5.41) is 0. The van der Waals surface area contributed by atoms with Crippen LogP contribution in [0.2, 0.25) is 0 Å². The molecule has 0 unspecified atom stereocenters. The van der Waals surface area contributed by atoms with Gasteiger partial charge in [0.1, 0.15) is 0 Å². The maximum Gasteiger partial charge on any atom is 0.231 e. The molecule has 5 heteroatoms. The number of ketones is 1. The molecule has 0 radical (unpaired) electrons. The largest absolute Gasteiger partial charge is 0.493 e. The van der Waals surface area contributed by atoms with Crippen LogP contribution in [0.15, 0.2) is 42.5 Å². The van der Waals surface area contributed by atoms with Gasteiger partial charge in [-0.1, -0.05) is 12.1 Å². The molecule has 0 aromatic heterocycles. The van der Waals surface area contributed by atoms with Gasteiger partial charge in [0.05, 0.1) is 13.2 Å². The third-order valence-electron chi connectivity index (χ3n) is 3.65. The molecule has 2 aromatic rings. The van der Waals surface area contributed by atoms with E-state index >= 15 is 0 Å². The lowest BCUT2D eigenvalue weighted by atomic mass is 10.1. The van der Waals surface area contributed by atoms with Gasteiger partial charge in [-0.25, -0.2) is 0 Å². The highest BCUT2D eigenvalue weighted by Gasteiger charge is 2.15. The summed E-state index contributed by atoms with van der Waals surface area (Å²) in [6, 6.07) is 10.7. The Hall–Kier alpha value is -2.95. The molecule has 0 amide bonds. The first-order valence-corrected chi connectivity index (χ1v) is 8.04. The van der Waals surface area contributed by atoms with Crippen molar-refractivity contribution in [3.63, 3.8) is 0 Å². The smallest absolute Gasteiger partial charge is 0.231 e. The van der Waals surface area contributed by atoms with Gasteiger partial charge in [0.15, 0.2) is 28.8 Å². The van der Waals surface area contributed by atoms with Gasteiger partial charge in [-0.2, -0.15) is 0 Å². The number of ether oxygens (including phenoxy) is 4. The maximum atomic E-state index is 12.5. The van der Waals surface area contributed by atoms with E-state index in [2.05, 4.69) is 0 Å². The lowest BCUT2D eigenvalue weighted by Gasteiger charge is -2.15. The van der Waals surface area contributed by atoms with E-state index in [-0.39, 0.29) is 18.7 Å². The highest BCUT2D eigenvalue weighted by Crippen LogP contribution is 2.34. The first kappa shape index (κ1) is 16.9. The van der Waals surface area contributed by atoms with Crippen LogP contribution in [0.25, 0.3) is 6.08 Å². The van der Waals surface area contributed by atoms with Crippen LogP contribution in [0.3, 0.4) is 0 Å². The van der Waals surface area contributed by atoms with E-state index in [4.69, 9.17) is 18.9 Å². The highest BCUT2D eigenvalue weighted by atomic mass is 16.7. The van der Waals surface area contributed by atoms with E-state index in [1.807, 2.05) is 32.0 Å². The number of allylic oxidation sites excluding steroid dienone is 1. The predicted molar refractivity (Wildman–Crippen MR) is 94.7 cm³/mol. The Morgan fingerprint density at radius 2 is 1.96 bits per heavy atom. The zero-order chi connectivity index (χ0) is 17.8. The quantitative estimate of drug-likeness (QED) is 0.585. The molecule has 0 bridgehead atoms. The molecular formula is C20H20O5. The fourth-order valence-corrected chi connectivity index (χ4v) is 2.50. The Morgan fingerprint density at radius 1 is 1.16 bits per heavy atom. The molecule has 0 saturated carbocycles. The second-order valence-electron chi connectivity index (χ2n) is 5.81. The minimum Gasteiger partial charge on any atom is -0.493 e. The van der Waals surface area contributed by atoms with Gasteiger partial charge in [-0.3, -0.25) is 4.79 Å². The minimum atomic E-state index is -0.128. The van der Waals surface area contributed by atoms with Crippen LogP contribution in [0.1, 0.15) is 29.8 Å². The first-order valence-electron chi connectivity index (χ1n) is 8.04. The number of fused-ring (bicyclic) bond motifs is 1. The molecule has 0 spiro atoms. The average molecular weight is 340 g/mol. The number of para-hydroxylation sites is 1. The van der Waals surface area contributed by atoms with Gasteiger partial charge in [-0.05, 0) is 50.3 Å². The van der Waals surface area contributed by atoms with E-state index < -0.39 is 0 Å². The molecule has 0 saturated heterocycles. The van der Waals surface area contributed by atoms with Gasteiger partial charge in [-0.15, -0.1) is 0 Å². The molecule has 5 nitrogen and oxygen atoms in total. The Balaban J connectivity index is 1.85. The summed E-state index contributed by atoms with van der Waals surface area (Å²) in [5.41, 5.74) is 1.32. The molecule has 25 heavy (non-hydrogen) atoms. The second-order valence-corrected chi connectivity index (χ2v) is 5.81. The molecule has 1 heterocycles. The summed E-state index contributed by atoms with van der Waals surface area (Å²) >= 11 is 0. The molecule has 1 aliphatic heterocycles. The average Bonchev–Trinajstić information content (AvgIpc) is 3.07. The fourth-order valence-electron chi connectivity index (χ4n) is 2.50. The molecule has 0 atom stereocenters. The maximum absolute atomic E-state index is 12.5. The van der Waals surface area contributed by atoms with Crippen LogP contribution in [-0.4, -0.2) is 25.8 Å². The molecule has 130 valence electrons. The Morgan fingerprint density at radius 3 is 2.72 bits per heavy atom. The zero-order valence-corrected chi connectivity index (χ0v) is 14.4. The van der Waals surface area contributed by atoms with Gasteiger partial charge in [0, 0.05) is 11.1 Å². The van der Waals surface area contributed by atoms with E-state index in [9.17, 15) is 4.79 Å². The molecular weight excluding hydrogens is 320 g/mol. The standard InChI is InChI=1S/C20H20O5/c1-13(2)25-20-14(5-4-6-18(20)22-3)7-9-16(21)15-8-10-17-19(11-15)24-12-23-17/h4-11,13H,12H2,1-3H3. The topological polar surface area (TPSA) is 54.0 Å². The van der Waals surface area contributed by atoms with Crippen LogP contribution in [0.4, 0.5) is 0 Å². The van der Waals surface area contributed by atoms with Crippen LogP contribution < -0.4 is 18.9 Å². The number of carbonyl (C=O) groups excluding carboxylic acids is 1. The predicted octanol–water partition coefficient (Wildman–Crippen LogP) is 4.11. The number of rotatable bonds is 6. The summed E-state index contributed by atoms with van der Waals surface area (Å²) in [5.74, 6) is 2.36. The van der Waals surface area contributed by atoms with Crippen LogP contribution in [0.5, 0.6) is 23.0 Å². The van der Waals surface area contributed by atoms with E-state index in [0.29, 0.717) is 28.6 Å². The van der Waals surface area contributed by atoms with Gasteiger partial charge in [0.2, 0.25) is 6.79 Å². The van der Waals surface area contributed by atoms with Crippen molar-refractivity contribution in [1.82, 2.24) is 0 Å². The lowest BCUT2D eigenvalue weighted by molar-refractivity contribution is 0.104. The summed E-state index contributed by atoms with van der Waals surface area (Å²) in [6.45, 7) is 4.07.